The maximum Gasteiger partial charge on any atom is 0.313 e. The summed E-state index contributed by atoms with van der Waals surface area (Å²) in [5.41, 5.74) is 0.296. The predicted octanol–water partition coefficient (Wildman–Crippen LogP) is -0.0920. The highest BCUT2D eigenvalue weighted by atomic mass is 32.2. The van der Waals surface area contributed by atoms with E-state index in [9.17, 15) is 23.1 Å². The van der Waals surface area contributed by atoms with Crippen molar-refractivity contribution in [3.63, 3.8) is 0 Å². The molecule has 1 aliphatic heterocycles. The van der Waals surface area contributed by atoms with Gasteiger partial charge in [-0.3, -0.25) is 9.59 Å². The average molecular weight is 369 g/mol. The minimum Gasteiger partial charge on any atom is -0.508 e. The van der Waals surface area contributed by atoms with Gasteiger partial charge in [0.2, 0.25) is 0 Å². The van der Waals surface area contributed by atoms with Crippen molar-refractivity contribution in [2.75, 3.05) is 44.0 Å². The van der Waals surface area contributed by atoms with Crippen LogP contribution in [0.1, 0.15) is 6.42 Å². The van der Waals surface area contributed by atoms with E-state index in [2.05, 4.69) is 5.32 Å². The topological polar surface area (TPSA) is 107 Å². The summed E-state index contributed by atoms with van der Waals surface area (Å²) in [6, 6.07) is 5.38. The van der Waals surface area contributed by atoms with Gasteiger partial charge in [-0.05, 0) is 32.6 Å². The van der Waals surface area contributed by atoms with Gasteiger partial charge in [0.25, 0.3) is 0 Å². The number of hydrogen-bond acceptors (Lipinski definition) is 6. The molecule has 1 atom stereocenters. The number of phenolic OH excluding ortho intramolecular Hbond substituents is 1. The number of hydrogen-bond donors (Lipinski definition) is 2. The Morgan fingerprint density at radius 2 is 2.00 bits per heavy atom. The van der Waals surface area contributed by atoms with Crippen LogP contribution in [0.2, 0.25) is 0 Å². The Morgan fingerprint density at radius 3 is 2.56 bits per heavy atom. The van der Waals surface area contributed by atoms with Gasteiger partial charge in [0.1, 0.15) is 5.75 Å². The monoisotopic (exact) mass is 369 g/mol. The fourth-order valence-corrected chi connectivity index (χ4v) is 4.41. The maximum atomic E-state index is 12.6. The van der Waals surface area contributed by atoms with E-state index in [0.717, 1.165) is 0 Å². The number of carbonyl (C=O) groups excluding carboxylic acids is 2. The van der Waals surface area contributed by atoms with Gasteiger partial charge in [-0.15, -0.1) is 0 Å². The lowest BCUT2D eigenvalue weighted by Gasteiger charge is -2.28. The van der Waals surface area contributed by atoms with E-state index in [1.54, 1.807) is 12.1 Å². The van der Waals surface area contributed by atoms with E-state index < -0.39 is 27.7 Å². The van der Waals surface area contributed by atoms with Crippen molar-refractivity contribution in [1.29, 1.82) is 0 Å². The Kier molecular flexibility index (Phi) is 6.02. The minimum atomic E-state index is -3.18. The number of likely N-dealkylation sites (N-methyl/N-ethyl adjacent to an activating group) is 1. The number of nitrogens with one attached hydrogen (secondary N) is 1. The first-order valence-corrected chi connectivity index (χ1v) is 9.76. The van der Waals surface area contributed by atoms with Crippen molar-refractivity contribution >= 4 is 27.3 Å². The van der Waals surface area contributed by atoms with Gasteiger partial charge >= 0.3 is 11.8 Å². The van der Waals surface area contributed by atoms with Gasteiger partial charge in [0, 0.05) is 30.9 Å². The zero-order valence-electron chi connectivity index (χ0n) is 14.3. The third-order valence-corrected chi connectivity index (χ3v) is 5.75. The molecule has 1 unspecified atom stereocenters. The first-order valence-electron chi connectivity index (χ1n) is 7.94. The molecule has 2 N–H and O–H groups in total. The first kappa shape index (κ1) is 19.2. The van der Waals surface area contributed by atoms with E-state index in [1.165, 1.54) is 17.0 Å². The molecule has 9 heteroatoms. The molecule has 0 radical (unpaired) electrons. The van der Waals surface area contributed by atoms with Crippen LogP contribution in [-0.2, 0) is 19.4 Å². The molecular formula is C16H23N3O5S. The Bertz CT molecular complexity index is 748. The molecule has 25 heavy (non-hydrogen) atoms. The summed E-state index contributed by atoms with van der Waals surface area (Å²) >= 11 is 0. The normalized spacial score (nSPS) is 18.9. The van der Waals surface area contributed by atoms with Gasteiger partial charge in [0.15, 0.2) is 9.84 Å². The summed E-state index contributed by atoms with van der Waals surface area (Å²) in [6.07, 6.45) is 0.334. The number of anilines is 1. The SMILES string of the molecule is CN(C)CCN(C(=O)C(=O)Nc1cccc(O)c1)C1CCS(=O)(=O)C1. The van der Waals surface area contributed by atoms with E-state index >= 15 is 0 Å². The fraction of sp³-hybridized carbons (Fsp3) is 0.500. The highest BCUT2D eigenvalue weighted by Crippen LogP contribution is 2.19. The maximum absolute atomic E-state index is 12.6. The lowest BCUT2D eigenvalue weighted by molar-refractivity contribution is -0.144. The molecule has 0 saturated carbocycles. The molecule has 0 aromatic heterocycles. The summed E-state index contributed by atoms with van der Waals surface area (Å²) in [7, 11) is 0.493. The zero-order valence-corrected chi connectivity index (χ0v) is 15.1. The second kappa shape index (κ2) is 7.83. The number of amides is 2. The van der Waals surface area contributed by atoms with Gasteiger partial charge in [-0.2, -0.15) is 0 Å². The average Bonchev–Trinajstić information content (AvgIpc) is 2.87. The Balaban J connectivity index is 2.12. The van der Waals surface area contributed by atoms with Crippen molar-refractivity contribution in [2.24, 2.45) is 0 Å². The molecule has 0 aliphatic carbocycles. The summed E-state index contributed by atoms with van der Waals surface area (Å²) in [5.74, 6) is -1.75. The van der Waals surface area contributed by atoms with Crippen molar-refractivity contribution in [2.45, 2.75) is 12.5 Å². The zero-order chi connectivity index (χ0) is 18.6. The number of carbonyl (C=O) groups is 2. The van der Waals surface area contributed by atoms with Crippen LogP contribution in [0, 0.1) is 0 Å². The van der Waals surface area contributed by atoms with Crippen molar-refractivity contribution < 1.29 is 23.1 Å². The largest absolute Gasteiger partial charge is 0.508 e. The number of phenols is 1. The van der Waals surface area contributed by atoms with Crippen LogP contribution >= 0.6 is 0 Å². The second-order valence-electron chi connectivity index (χ2n) is 6.36. The minimum absolute atomic E-state index is 0.0254. The van der Waals surface area contributed by atoms with Gasteiger partial charge in [-0.1, -0.05) is 6.07 Å². The molecular weight excluding hydrogens is 346 g/mol. The lowest BCUT2D eigenvalue weighted by Crippen LogP contribution is -2.48. The molecule has 2 rings (SSSR count). The summed E-state index contributed by atoms with van der Waals surface area (Å²) in [4.78, 5) is 28.1. The third kappa shape index (κ3) is 5.43. The molecule has 1 aliphatic rings. The van der Waals surface area contributed by atoms with E-state index in [4.69, 9.17) is 0 Å². The Morgan fingerprint density at radius 1 is 1.28 bits per heavy atom. The number of sulfone groups is 1. The highest BCUT2D eigenvalue weighted by molar-refractivity contribution is 7.91. The number of nitrogens with zero attached hydrogens (tertiary/aromatic N) is 2. The summed E-state index contributed by atoms with van der Waals surface area (Å²) < 4.78 is 23.5. The van der Waals surface area contributed by atoms with Crippen molar-refractivity contribution in [3.8, 4) is 5.75 Å². The molecule has 0 bridgehead atoms. The van der Waals surface area contributed by atoms with E-state index in [-0.39, 0.29) is 23.8 Å². The molecule has 8 nitrogen and oxygen atoms in total. The summed E-state index contributed by atoms with van der Waals surface area (Å²) in [6.45, 7) is 0.779. The Hall–Kier alpha value is -2.13. The number of rotatable bonds is 5. The quantitative estimate of drug-likeness (QED) is 0.703. The molecule has 2 amide bonds. The van der Waals surface area contributed by atoms with Gasteiger partial charge < -0.3 is 20.2 Å². The second-order valence-corrected chi connectivity index (χ2v) is 8.59. The number of benzene rings is 1. The molecule has 1 aromatic carbocycles. The Labute approximate surface area is 147 Å². The fourth-order valence-electron chi connectivity index (χ4n) is 2.68. The third-order valence-electron chi connectivity index (χ3n) is 4.00. The van der Waals surface area contributed by atoms with Crippen LogP contribution in [-0.4, -0.2) is 79.9 Å². The van der Waals surface area contributed by atoms with Crippen LogP contribution in [0.25, 0.3) is 0 Å². The van der Waals surface area contributed by atoms with Crippen molar-refractivity contribution in [3.05, 3.63) is 24.3 Å². The van der Waals surface area contributed by atoms with Crippen LogP contribution in [0.5, 0.6) is 5.75 Å². The predicted molar refractivity (Wildman–Crippen MR) is 94.1 cm³/mol. The van der Waals surface area contributed by atoms with Crippen LogP contribution in [0.4, 0.5) is 5.69 Å². The lowest BCUT2D eigenvalue weighted by atomic mass is 10.2. The highest BCUT2D eigenvalue weighted by Gasteiger charge is 2.36. The van der Waals surface area contributed by atoms with E-state index in [1.807, 2.05) is 19.0 Å². The van der Waals surface area contributed by atoms with E-state index in [0.29, 0.717) is 18.7 Å². The molecule has 138 valence electrons. The summed E-state index contributed by atoms with van der Waals surface area (Å²) in [5, 5.41) is 11.9. The van der Waals surface area contributed by atoms with Gasteiger partial charge in [-0.25, -0.2) is 8.42 Å². The van der Waals surface area contributed by atoms with Crippen LogP contribution in [0.3, 0.4) is 0 Å². The smallest absolute Gasteiger partial charge is 0.313 e. The first-order chi connectivity index (χ1) is 11.7. The van der Waals surface area contributed by atoms with Crippen LogP contribution in [0.15, 0.2) is 24.3 Å². The standard InChI is InChI=1S/C16H23N3O5S/c1-18(2)7-8-19(13-6-9-25(23,24)11-13)16(22)15(21)17-12-4-3-5-14(20)10-12/h3-5,10,13,20H,6-9,11H2,1-2H3,(H,17,21). The molecule has 1 aromatic rings. The van der Waals surface area contributed by atoms with Crippen LogP contribution < -0.4 is 5.32 Å². The molecule has 1 saturated heterocycles. The van der Waals surface area contributed by atoms with Crippen molar-refractivity contribution in [1.82, 2.24) is 9.80 Å². The molecule has 1 heterocycles. The molecule has 1 fully saturated rings. The molecule has 0 spiro atoms. The number of aromatic hydroxyl groups is 1. The van der Waals surface area contributed by atoms with Gasteiger partial charge in [0.05, 0.1) is 11.5 Å².